The first-order valence-electron chi connectivity index (χ1n) is 6.16. The van der Waals surface area contributed by atoms with Crippen molar-refractivity contribution >= 4 is 0 Å². The zero-order valence-electron chi connectivity index (χ0n) is 10.8. The highest BCUT2D eigenvalue weighted by molar-refractivity contribution is 5.18. The van der Waals surface area contributed by atoms with Gasteiger partial charge in [-0.3, -0.25) is 0 Å². The van der Waals surface area contributed by atoms with Crippen LogP contribution in [0.15, 0.2) is 24.3 Å². The minimum absolute atomic E-state index is 0.149. The Bertz CT molecular complexity index is 341. The first-order valence-corrected chi connectivity index (χ1v) is 6.16. The second-order valence-electron chi connectivity index (χ2n) is 4.85. The van der Waals surface area contributed by atoms with Crippen LogP contribution in [-0.4, -0.2) is 23.3 Å². The highest BCUT2D eigenvalue weighted by Gasteiger charge is 2.11. The van der Waals surface area contributed by atoms with E-state index in [2.05, 4.69) is 5.32 Å². The summed E-state index contributed by atoms with van der Waals surface area (Å²) in [7, 11) is 0. The average molecular weight is 239 g/mol. The molecular formula is C14H22FNO. The summed E-state index contributed by atoms with van der Waals surface area (Å²) >= 11 is 0. The van der Waals surface area contributed by atoms with Crippen molar-refractivity contribution in [3.05, 3.63) is 35.6 Å². The Morgan fingerprint density at radius 2 is 1.82 bits per heavy atom. The Labute approximate surface area is 103 Å². The molecule has 0 bridgehead atoms. The number of benzene rings is 1. The van der Waals surface area contributed by atoms with Crippen LogP contribution < -0.4 is 5.32 Å². The monoisotopic (exact) mass is 239 g/mol. The molecule has 1 aromatic carbocycles. The van der Waals surface area contributed by atoms with Crippen LogP contribution in [0.2, 0.25) is 0 Å². The maximum Gasteiger partial charge on any atom is 0.126 e. The maximum absolute atomic E-state index is 13.4. The van der Waals surface area contributed by atoms with Gasteiger partial charge in [0.15, 0.2) is 0 Å². The Balaban J connectivity index is 2.44. The van der Waals surface area contributed by atoms with Gasteiger partial charge in [0.2, 0.25) is 0 Å². The smallest absolute Gasteiger partial charge is 0.126 e. The molecule has 3 atom stereocenters. The number of hydrogen-bond donors (Lipinski definition) is 2. The summed E-state index contributed by atoms with van der Waals surface area (Å²) in [4.78, 5) is 0. The number of halogens is 1. The second-order valence-corrected chi connectivity index (χ2v) is 4.85. The van der Waals surface area contributed by atoms with E-state index in [1.54, 1.807) is 13.0 Å². The fourth-order valence-electron chi connectivity index (χ4n) is 2.12. The molecule has 0 fully saturated rings. The van der Waals surface area contributed by atoms with Crippen LogP contribution in [0.5, 0.6) is 0 Å². The van der Waals surface area contributed by atoms with Gasteiger partial charge in [-0.1, -0.05) is 18.2 Å². The molecule has 0 radical (unpaired) electrons. The predicted octanol–water partition coefficient (Wildman–Crippen LogP) is 2.51. The third kappa shape index (κ3) is 5.29. The van der Waals surface area contributed by atoms with Gasteiger partial charge in [0.1, 0.15) is 5.82 Å². The van der Waals surface area contributed by atoms with Crippen LogP contribution in [0.4, 0.5) is 4.39 Å². The lowest BCUT2D eigenvalue weighted by molar-refractivity contribution is 0.168. The molecule has 0 saturated carbocycles. The molecule has 2 nitrogen and oxygen atoms in total. The third-order valence-electron chi connectivity index (χ3n) is 2.75. The summed E-state index contributed by atoms with van der Waals surface area (Å²) in [5.41, 5.74) is 0.733. The van der Waals surface area contributed by atoms with Crippen molar-refractivity contribution in [2.45, 2.75) is 51.8 Å². The molecule has 0 aliphatic rings. The predicted molar refractivity (Wildman–Crippen MR) is 68.5 cm³/mol. The maximum atomic E-state index is 13.4. The van der Waals surface area contributed by atoms with Gasteiger partial charge in [-0.15, -0.1) is 0 Å². The quantitative estimate of drug-likeness (QED) is 0.799. The van der Waals surface area contributed by atoms with E-state index < -0.39 is 0 Å². The molecule has 17 heavy (non-hydrogen) atoms. The lowest BCUT2D eigenvalue weighted by Crippen LogP contribution is -2.37. The highest BCUT2D eigenvalue weighted by atomic mass is 19.1. The fraction of sp³-hybridized carbons (Fsp3) is 0.571. The second kappa shape index (κ2) is 6.72. The molecule has 0 aromatic heterocycles. The van der Waals surface area contributed by atoms with Gasteiger partial charge in [-0.2, -0.15) is 0 Å². The van der Waals surface area contributed by atoms with Crippen LogP contribution >= 0.6 is 0 Å². The summed E-state index contributed by atoms with van der Waals surface area (Å²) < 4.78 is 13.4. The molecular weight excluding hydrogens is 217 g/mol. The molecule has 0 saturated heterocycles. The molecule has 0 spiro atoms. The number of hydrogen-bond acceptors (Lipinski definition) is 2. The Hall–Kier alpha value is -0.930. The van der Waals surface area contributed by atoms with Crippen molar-refractivity contribution in [1.29, 1.82) is 0 Å². The van der Waals surface area contributed by atoms with E-state index in [4.69, 9.17) is 0 Å². The Kier molecular flexibility index (Phi) is 5.59. The lowest BCUT2D eigenvalue weighted by atomic mass is 10.0. The van der Waals surface area contributed by atoms with Gasteiger partial charge in [0.05, 0.1) is 6.10 Å². The van der Waals surface area contributed by atoms with Gasteiger partial charge >= 0.3 is 0 Å². The zero-order valence-corrected chi connectivity index (χ0v) is 10.8. The average Bonchev–Trinajstić information content (AvgIpc) is 2.19. The minimum atomic E-state index is -0.307. The van der Waals surface area contributed by atoms with Gasteiger partial charge in [-0.05, 0) is 45.2 Å². The van der Waals surface area contributed by atoms with Gasteiger partial charge < -0.3 is 10.4 Å². The summed E-state index contributed by atoms with van der Waals surface area (Å²) in [6, 6.07) is 7.28. The Morgan fingerprint density at radius 1 is 1.18 bits per heavy atom. The molecule has 0 amide bonds. The number of aliphatic hydroxyl groups excluding tert-OH is 1. The van der Waals surface area contributed by atoms with Gasteiger partial charge in [0, 0.05) is 12.1 Å². The molecule has 3 heteroatoms. The molecule has 0 heterocycles. The zero-order chi connectivity index (χ0) is 12.8. The van der Waals surface area contributed by atoms with E-state index >= 15 is 0 Å². The normalized spacial score (nSPS) is 16.5. The van der Waals surface area contributed by atoms with E-state index in [1.807, 2.05) is 26.0 Å². The topological polar surface area (TPSA) is 32.3 Å². The first kappa shape index (κ1) is 14.1. The lowest BCUT2D eigenvalue weighted by Gasteiger charge is -2.21. The summed E-state index contributed by atoms with van der Waals surface area (Å²) in [5.74, 6) is -0.149. The fourth-order valence-corrected chi connectivity index (χ4v) is 2.12. The summed E-state index contributed by atoms with van der Waals surface area (Å²) in [6.07, 6.45) is 1.07. The van der Waals surface area contributed by atoms with E-state index in [0.29, 0.717) is 12.8 Å². The van der Waals surface area contributed by atoms with Crippen molar-refractivity contribution in [2.24, 2.45) is 0 Å². The minimum Gasteiger partial charge on any atom is -0.393 e. The molecule has 0 aliphatic heterocycles. The third-order valence-corrected chi connectivity index (χ3v) is 2.75. The first-order chi connectivity index (χ1) is 7.99. The van der Waals surface area contributed by atoms with Crippen molar-refractivity contribution in [2.75, 3.05) is 0 Å². The van der Waals surface area contributed by atoms with Crippen LogP contribution in [0, 0.1) is 5.82 Å². The molecule has 0 aliphatic carbocycles. The standard InChI is InChI=1S/C14H22FNO/c1-10(8-12(3)17)16-11(2)9-13-6-4-5-7-14(13)15/h4-7,10-12,16-17H,8-9H2,1-3H3. The van der Waals surface area contributed by atoms with Crippen molar-refractivity contribution in [3.8, 4) is 0 Å². The van der Waals surface area contributed by atoms with E-state index in [9.17, 15) is 9.50 Å². The van der Waals surface area contributed by atoms with Crippen LogP contribution in [-0.2, 0) is 6.42 Å². The molecule has 96 valence electrons. The van der Waals surface area contributed by atoms with Gasteiger partial charge in [0.25, 0.3) is 0 Å². The summed E-state index contributed by atoms with van der Waals surface area (Å²) in [5, 5.41) is 12.6. The van der Waals surface area contributed by atoms with Crippen molar-refractivity contribution < 1.29 is 9.50 Å². The number of rotatable bonds is 6. The number of nitrogens with one attached hydrogen (secondary N) is 1. The van der Waals surface area contributed by atoms with Crippen molar-refractivity contribution in [1.82, 2.24) is 5.32 Å². The SMILES string of the molecule is CC(O)CC(C)NC(C)Cc1ccccc1F. The molecule has 1 rings (SSSR count). The molecule has 3 unspecified atom stereocenters. The highest BCUT2D eigenvalue weighted by Crippen LogP contribution is 2.10. The Morgan fingerprint density at radius 3 is 2.41 bits per heavy atom. The number of aliphatic hydroxyl groups is 1. The molecule has 1 aromatic rings. The van der Waals surface area contributed by atoms with Crippen LogP contribution in [0.25, 0.3) is 0 Å². The largest absolute Gasteiger partial charge is 0.393 e. The van der Waals surface area contributed by atoms with E-state index in [0.717, 1.165) is 5.56 Å². The van der Waals surface area contributed by atoms with Gasteiger partial charge in [-0.25, -0.2) is 4.39 Å². The van der Waals surface area contributed by atoms with Crippen LogP contribution in [0.1, 0.15) is 32.8 Å². The molecule has 2 N–H and O–H groups in total. The summed E-state index contributed by atoms with van der Waals surface area (Å²) in [6.45, 7) is 5.84. The van der Waals surface area contributed by atoms with Crippen molar-refractivity contribution in [3.63, 3.8) is 0 Å². The van der Waals surface area contributed by atoms with Crippen LogP contribution in [0.3, 0.4) is 0 Å². The van der Waals surface area contributed by atoms with E-state index in [1.165, 1.54) is 6.07 Å². The van der Waals surface area contributed by atoms with E-state index in [-0.39, 0.29) is 24.0 Å².